The van der Waals surface area contributed by atoms with Crippen LogP contribution < -0.4 is 4.74 Å². The predicted molar refractivity (Wildman–Crippen MR) is 67.8 cm³/mol. The summed E-state index contributed by atoms with van der Waals surface area (Å²) >= 11 is 0. The number of nitrogens with zero attached hydrogens (tertiary/aromatic N) is 2. The lowest BCUT2D eigenvalue weighted by atomic mass is 10.2. The van der Waals surface area contributed by atoms with Crippen molar-refractivity contribution in [3.8, 4) is 5.88 Å². The molecular weight excluding hydrogens is 268 g/mol. The lowest BCUT2D eigenvalue weighted by Gasteiger charge is -2.24. The lowest BCUT2D eigenvalue weighted by Crippen LogP contribution is -2.36. The van der Waals surface area contributed by atoms with E-state index in [0.29, 0.717) is 0 Å². The third-order valence-electron chi connectivity index (χ3n) is 2.08. The first-order valence-corrected chi connectivity index (χ1v) is 5.96. The van der Waals surface area contributed by atoms with E-state index >= 15 is 0 Å². The van der Waals surface area contributed by atoms with E-state index in [9.17, 15) is 9.59 Å². The number of rotatable bonds is 5. The molecular formula is C12H18N2O6. The normalized spacial score (nSPS) is 11.0. The molecule has 0 radical (unpaired) electrons. The molecule has 1 amide bonds. The average molecular weight is 286 g/mol. The average Bonchev–Trinajstić information content (AvgIpc) is 2.75. The van der Waals surface area contributed by atoms with Crippen molar-refractivity contribution in [3.63, 3.8) is 0 Å². The number of hydrogen-bond donors (Lipinski definition) is 1. The van der Waals surface area contributed by atoms with Gasteiger partial charge in [0.1, 0.15) is 12.2 Å². The van der Waals surface area contributed by atoms with E-state index < -0.39 is 17.7 Å². The maximum absolute atomic E-state index is 11.6. The minimum absolute atomic E-state index is 0.0555. The monoisotopic (exact) mass is 286 g/mol. The van der Waals surface area contributed by atoms with Crippen LogP contribution in [-0.4, -0.2) is 53.0 Å². The van der Waals surface area contributed by atoms with Crippen LogP contribution in [0.1, 0.15) is 31.3 Å². The fourth-order valence-corrected chi connectivity index (χ4v) is 1.15. The Morgan fingerprint density at radius 3 is 2.60 bits per heavy atom. The maximum atomic E-state index is 11.6. The van der Waals surface area contributed by atoms with Gasteiger partial charge in [0.2, 0.25) is 5.76 Å². The molecule has 1 N–H and O–H groups in total. The van der Waals surface area contributed by atoms with Crippen LogP contribution in [0.3, 0.4) is 0 Å². The molecule has 0 aliphatic heterocycles. The Hall–Kier alpha value is -2.25. The van der Waals surface area contributed by atoms with E-state index in [0.717, 1.165) is 6.07 Å². The van der Waals surface area contributed by atoms with Crippen molar-refractivity contribution in [2.45, 2.75) is 26.4 Å². The van der Waals surface area contributed by atoms with Crippen LogP contribution in [0.5, 0.6) is 5.88 Å². The Morgan fingerprint density at radius 1 is 1.45 bits per heavy atom. The van der Waals surface area contributed by atoms with Crippen molar-refractivity contribution in [2.24, 2.45) is 0 Å². The first-order chi connectivity index (χ1) is 9.19. The van der Waals surface area contributed by atoms with Crippen LogP contribution in [0.25, 0.3) is 0 Å². The molecule has 1 heterocycles. The summed E-state index contributed by atoms with van der Waals surface area (Å²) in [6.07, 6.45) is -0.465. The van der Waals surface area contributed by atoms with E-state index in [-0.39, 0.29) is 24.8 Å². The number of amides is 1. The summed E-state index contributed by atoms with van der Waals surface area (Å²) in [7, 11) is 1.57. The molecule has 0 aromatic carbocycles. The molecule has 1 rings (SSSR count). The van der Waals surface area contributed by atoms with Crippen molar-refractivity contribution >= 4 is 12.1 Å². The van der Waals surface area contributed by atoms with Crippen molar-refractivity contribution in [1.29, 1.82) is 0 Å². The van der Waals surface area contributed by atoms with E-state index in [1.807, 2.05) is 0 Å². The van der Waals surface area contributed by atoms with Crippen LogP contribution in [0, 0.1) is 0 Å². The molecule has 0 saturated heterocycles. The molecule has 0 atom stereocenters. The number of carboxylic acid groups (broad SMARTS) is 1. The van der Waals surface area contributed by atoms with Crippen LogP contribution >= 0.6 is 0 Å². The van der Waals surface area contributed by atoms with Gasteiger partial charge in [-0.05, 0) is 25.9 Å². The molecule has 0 spiro atoms. The van der Waals surface area contributed by atoms with E-state index in [2.05, 4.69) is 9.68 Å². The second-order valence-electron chi connectivity index (χ2n) is 5.08. The molecule has 0 aliphatic rings. The summed E-state index contributed by atoms with van der Waals surface area (Å²) in [4.78, 5) is 23.5. The number of hydrogen-bond acceptors (Lipinski definition) is 6. The van der Waals surface area contributed by atoms with Crippen LogP contribution in [-0.2, 0) is 4.74 Å². The zero-order chi connectivity index (χ0) is 15.3. The molecule has 8 heteroatoms. The van der Waals surface area contributed by atoms with Gasteiger partial charge in [-0.15, -0.1) is 0 Å². The molecule has 8 nitrogen and oxygen atoms in total. The summed E-state index contributed by atoms with van der Waals surface area (Å²) in [5, 5.41) is 12.1. The Kier molecular flexibility index (Phi) is 4.95. The highest BCUT2D eigenvalue weighted by molar-refractivity contribution is 5.84. The topological polar surface area (TPSA) is 102 Å². The zero-order valence-corrected chi connectivity index (χ0v) is 11.9. The molecule has 1 aromatic heterocycles. The zero-order valence-electron chi connectivity index (χ0n) is 11.9. The first-order valence-electron chi connectivity index (χ1n) is 5.96. The first kappa shape index (κ1) is 15.8. The fraction of sp³-hybridized carbons (Fsp3) is 0.583. The maximum Gasteiger partial charge on any atom is 0.410 e. The van der Waals surface area contributed by atoms with Gasteiger partial charge in [-0.25, -0.2) is 9.59 Å². The lowest BCUT2D eigenvalue weighted by molar-refractivity contribution is 0.0276. The number of ether oxygens (including phenoxy) is 2. The van der Waals surface area contributed by atoms with Crippen molar-refractivity contribution in [3.05, 3.63) is 11.8 Å². The largest absolute Gasteiger partial charge is 0.475 e. The smallest absolute Gasteiger partial charge is 0.410 e. The number of carbonyl (C=O) groups excluding carboxylic acids is 1. The van der Waals surface area contributed by atoms with Gasteiger partial charge in [0.15, 0.2) is 0 Å². The molecule has 1 aromatic rings. The highest BCUT2D eigenvalue weighted by Crippen LogP contribution is 2.12. The van der Waals surface area contributed by atoms with Crippen LogP contribution in [0.15, 0.2) is 10.6 Å². The fourth-order valence-electron chi connectivity index (χ4n) is 1.15. The third kappa shape index (κ3) is 5.17. The van der Waals surface area contributed by atoms with Gasteiger partial charge >= 0.3 is 12.1 Å². The van der Waals surface area contributed by atoms with Crippen molar-refractivity contribution in [2.75, 3.05) is 20.2 Å². The van der Waals surface area contributed by atoms with E-state index in [4.69, 9.17) is 14.6 Å². The number of likely N-dealkylation sites (N-methyl/N-ethyl adjacent to an activating group) is 1. The molecule has 0 aliphatic carbocycles. The highest BCUT2D eigenvalue weighted by Gasteiger charge is 2.19. The van der Waals surface area contributed by atoms with Gasteiger partial charge in [-0.2, -0.15) is 0 Å². The van der Waals surface area contributed by atoms with Gasteiger partial charge in [0.05, 0.1) is 12.6 Å². The van der Waals surface area contributed by atoms with E-state index in [1.54, 1.807) is 27.8 Å². The minimum Gasteiger partial charge on any atom is -0.475 e. The molecule has 0 fully saturated rings. The summed E-state index contributed by atoms with van der Waals surface area (Å²) in [6.45, 7) is 5.74. The number of carbonyl (C=O) groups is 2. The van der Waals surface area contributed by atoms with E-state index in [1.165, 1.54) is 4.90 Å². The van der Waals surface area contributed by atoms with Gasteiger partial charge in [-0.1, -0.05) is 0 Å². The number of aromatic carboxylic acids is 1. The molecule has 20 heavy (non-hydrogen) atoms. The Labute approximate surface area is 116 Å². The van der Waals surface area contributed by atoms with Crippen molar-refractivity contribution in [1.82, 2.24) is 10.1 Å². The molecule has 0 unspecified atom stereocenters. The Balaban J connectivity index is 2.36. The van der Waals surface area contributed by atoms with Crippen molar-refractivity contribution < 1.29 is 28.7 Å². The third-order valence-corrected chi connectivity index (χ3v) is 2.08. The Morgan fingerprint density at radius 2 is 2.10 bits per heavy atom. The number of aromatic nitrogens is 1. The van der Waals surface area contributed by atoms with Gasteiger partial charge in [-0.3, -0.25) is 0 Å². The van der Waals surface area contributed by atoms with Gasteiger partial charge < -0.3 is 24.0 Å². The second-order valence-corrected chi connectivity index (χ2v) is 5.08. The highest BCUT2D eigenvalue weighted by atomic mass is 16.6. The summed E-state index contributed by atoms with van der Waals surface area (Å²) in [5.41, 5.74) is -0.561. The summed E-state index contributed by atoms with van der Waals surface area (Å²) in [6, 6.07) is 1.16. The predicted octanol–water partition coefficient (Wildman–Crippen LogP) is 1.62. The number of carboxylic acids is 1. The molecule has 112 valence electrons. The standard InChI is InChI=1S/C12H18N2O6/c1-12(2,3)19-11(17)14(4)5-6-18-9-7-8(10(15)16)20-13-9/h7H,5-6H2,1-4H3,(H,15,16). The quantitative estimate of drug-likeness (QED) is 0.877. The Bertz CT molecular complexity index is 477. The molecule has 0 bridgehead atoms. The molecule has 0 saturated carbocycles. The van der Waals surface area contributed by atoms with Gasteiger partial charge in [0, 0.05) is 7.05 Å². The second kappa shape index (κ2) is 6.27. The summed E-state index contributed by atoms with van der Waals surface area (Å²) in [5.74, 6) is -1.47. The SMILES string of the molecule is CN(CCOc1cc(C(=O)O)on1)C(=O)OC(C)(C)C. The van der Waals surface area contributed by atoms with Crippen LogP contribution in [0.2, 0.25) is 0 Å². The van der Waals surface area contributed by atoms with Crippen LogP contribution in [0.4, 0.5) is 4.79 Å². The minimum atomic E-state index is -1.22. The van der Waals surface area contributed by atoms with Gasteiger partial charge in [0.25, 0.3) is 5.88 Å². The summed E-state index contributed by atoms with van der Waals surface area (Å²) < 4.78 is 14.8.